The van der Waals surface area contributed by atoms with Crippen LogP contribution < -0.4 is 0 Å². The van der Waals surface area contributed by atoms with E-state index in [9.17, 15) is 22.8 Å². The molecule has 2 aliphatic rings. The topological polar surface area (TPSA) is 53.8 Å². The van der Waals surface area contributed by atoms with Gasteiger partial charge in [-0.2, -0.15) is 13.2 Å². The van der Waals surface area contributed by atoms with Gasteiger partial charge in [-0.05, 0) is 49.4 Å². The summed E-state index contributed by atoms with van der Waals surface area (Å²) in [4.78, 5) is 29.3. The van der Waals surface area contributed by atoms with Gasteiger partial charge in [-0.3, -0.25) is 9.59 Å². The normalized spacial score (nSPS) is 19.6. The predicted molar refractivity (Wildman–Crippen MR) is 102 cm³/mol. The summed E-state index contributed by atoms with van der Waals surface area (Å²) in [6, 6.07) is 6.70. The first-order chi connectivity index (χ1) is 14.3. The standard InChI is InChI=1S/C22H23F3N2O3/c23-22(24,25)18-5-3-15(4-6-18)12-27(19-7-8-19)21(29)16-2-1-10-26(13-16)20(28)17-9-11-30-14-17/h3-6,9,11,14,16,19H,1-2,7-8,10,12-13H2. The van der Waals surface area contributed by atoms with Gasteiger partial charge in [0.2, 0.25) is 5.91 Å². The van der Waals surface area contributed by atoms with Crippen molar-refractivity contribution in [1.29, 1.82) is 0 Å². The van der Waals surface area contributed by atoms with Crippen molar-refractivity contribution >= 4 is 11.8 Å². The lowest BCUT2D eigenvalue weighted by atomic mass is 9.95. The Morgan fingerprint density at radius 1 is 1.10 bits per heavy atom. The zero-order valence-electron chi connectivity index (χ0n) is 16.4. The molecule has 1 aromatic carbocycles. The van der Waals surface area contributed by atoms with Gasteiger partial charge in [-0.25, -0.2) is 0 Å². The first-order valence-electron chi connectivity index (χ1n) is 10.1. The molecule has 2 fully saturated rings. The fourth-order valence-electron chi connectivity index (χ4n) is 3.94. The van der Waals surface area contributed by atoms with Crippen molar-refractivity contribution in [2.75, 3.05) is 13.1 Å². The van der Waals surface area contributed by atoms with E-state index in [1.54, 1.807) is 15.9 Å². The molecule has 1 saturated carbocycles. The maximum absolute atomic E-state index is 13.3. The molecule has 0 spiro atoms. The molecule has 1 aliphatic heterocycles. The van der Waals surface area contributed by atoms with E-state index in [1.807, 2.05) is 0 Å². The third-order valence-electron chi connectivity index (χ3n) is 5.73. The van der Waals surface area contributed by atoms with Crippen molar-refractivity contribution in [2.45, 2.75) is 44.4 Å². The summed E-state index contributed by atoms with van der Waals surface area (Å²) >= 11 is 0. The highest BCUT2D eigenvalue weighted by molar-refractivity contribution is 5.94. The number of alkyl halides is 3. The smallest absolute Gasteiger partial charge is 0.416 e. The summed E-state index contributed by atoms with van der Waals surface area (Å²) in [7, 11) is 0. The van der Waals surface area contributed by atoms with Gasteiger partial charge in [0.15, 0.2) is 0 Å². The van der Waals surface area contributed by atoms with E-state index in [0.29, 0.717) is 30.6 Å². The fourth-order valence-corrected chi connectivity index (χ4v) is 3.94. The van der Waals surface area contributed by atoms with Gasteiger partial charge >= 0.3 is 6.18 Å². The van der Waals surface area contributed by atoms with Crippen molar-refractivity contribution in [3.63, 3.8) is 0 Å². The minimum Gasteiger partial charge on any atom is -0.472 e. The largest absolute Gasteiger partial charge is 0.472 e. The average Bonchev–Trinajstić information content (AvgIpc) is 3.43. The number of nitrogens with zero attached hydrogens (tertiary/aromatic N) is 2. The Labute approximate surface area is 172 Å². The highest BCUT2D eigenvalue weighted by Crippen LogP contribution is 2.33. The molecule has 4 rings (SSSR count). The third-order valence-corrected chi connectivity index (χ3v) is 5.73. The molecule has 8 heteroatoms. The van der Waals surface area contributed by atoms with Gasteiger partial charge < -0.3 is 14.2 Å². The number of furan rings is 1. The van der Waals surface area contributed by atoms with Gasteiger partial charge in [-0.1, -0.05) is 12.1 Å². The van der Waals surface area contributed by atoms with Gasteiger partial charge in [0.25, 0.3) is 5.91 Å². The first-order valence-corrected chi connectivity index (χ1v) is 10.1. The van der Waals surface area contributed by atoms with E-state index >= 15 is 0 Å². The van der Waals surface area contributed by atoms with Crippen LogP contribution in [-0.2, 0) is 17.5 Å². The Balaban J connectivity index is 1.44. The molecule has 2 heterocycles. The van der Waals surface area contributed by atoms with E-state index in [0.717, 1.165) is 31.4 Å². The first kappa shape index (κ1) is 20.5. The Kier molecular flexibility index (Phi) is 5.58. The molecule has 2 amide bonds. The van der Waals surface area contributed by atoms with Gasteiger partial charge in [0.05, 0.1) is 23.3 Å². The minimum atomic E-state index is -4.38. The zero-order chi connectivity index (χ0) is 21.3. The van der Waals surface area contributed by atoms with Crippen LogP contribution in [0, 0.1) is 5.92 Å². The molecule has 0 radical (unpaired) electrons. The number of benzene rings is 1. The summed E-state index contributed by atoms with van der Waals surface area (Å²) < 4.78 is 43.4. The number of halogens is 3. The second kappa shape index (κ2) is 8.16. The van der Waals surface area contributed by atoms with E-state index in [4.69, 9.17) is 4.42 Å². The molecular formula is C22H23F3N2O3. The van der Waals surface area contributed by atoms with Gasteiger partial charge in [-0.15, -0.1) is 0 Å². The molecule has 1 unspecified atom stereocenters. The van der Waals surface area contributed by atoms with Crippen LogP contribution in [0.3, 0.4) is 0 Å². The zero-order valence-corrected chi connectivity index (χ0v) is 16.4. The maximum Gasteiger partial charge on any atom is 0.416 e. The fraction of sp³-hybridized carbons (Fsp3) is 0.455. The van der Waals surface area contributed by atoms with Crippen LogP contribution >= 0.6 is 0 Å². The summed E-state index contributed by atoms with van der Waals surface area (Å²) in [5.41, 5.74) is 0.438. The van der Waals surface area contributed by atoms with E-state index in [2.05, 4.69) is 0 Å². The lowest BCUT2D eigenvalue weighted by molar-refractivity contribution is -0.139. The van der Waals surface area contributed by atoms with Crippen LogP contribution in [0.2, 0.25) is 0 Å². The molecule has 30 heavy (non-hydrogen) atoms. The second-order valence-corrected chi connectivity index (χ2v) is 7.99. The number of rotatable bonds is 5. The van der Waals surface area contributed by atoms with Crippen LogP contribution in [0.25, 0.3) is 0 Å². The third kappa shape index (κ3) is 4.52. The van der Waals surface area contributed by atoms with E-state index < -0.39 is 11.7 Å². The Hall–Kier alpha value is -2.77. The number of amides is 2. The molecule has 0 bridgehead atoms. The van der Waals surface area contributed by atoms with Gasteiger partial charge in [0.1, 0.15) is 6.26 Å². The maximum atomic E-state index is 13.3. The monoisotopic (exact) mass is 420 g/mol. The molecular weight excluding hydrogens is 397 g/mol. The lowest BCUT2D eigenvalue weighted by Crippen LogP contribution is -2.47. The number of hydrogen-bond acceptors (Lipinski definition) is 3. The average molecular weight is 420 g/mol. The van der Waals surface area contributed by atoms with E-state index in [-0.39, 0.29) is 30.3 Å². The molecule has 1 aliphatic carbocycles. The summed E-state index contributed by atoms with van der Waals surface area (Å²) in [6.07, 6.45) is 1.70. The highest BCUT2D eigenvalue weighted by Gasteiger charge is 2.38. The van der Waals surface area contributed by atoms with Crippen LogP contribution in [0.1, 0.15) is 47.2 Å². The van der Waals surface area contributed by atoms with Gasteiger partial charge in [0, 0.05) is 25.7 Å². The predicted octanol–water partition coefficient (Wildman–Crippen LogP) is 4.34. The Morgan fingerprint density at radius 3 is 2.43 bits per heavy atom. The van der Waals surface area contributed by atoms with Crippen molar-refractivity contribution in [3.8, 4) is 0 Å². The summed E-state index contributed by atoms with van der Waals surface area (Å²) in [6.45, 7) is 1.23. The van der Waals surface area contributed by atoms with E-state index in [1.165, 1.54) is 24.7 Å². The van der Waals surface area contributed by atoms with Crippen molar-refractivity contribution in [3.05, 3.63) is 59.5 Å². The van der Waals surface area contributed by atoms with Crippen LogP contribution in [-0.4, -0.2) is 40.7 Å². The Bertz CT molecular complexity index is 889. The second-order valence-electron chi connectivity index (χ2n) is 7.99. The summed E-state index contributed by atoms with van der Waals surface area (Å²) in [5.74, 6) is -0.478. The number of piperidine rings is 1. The summed E-state index contributed by atoms with van der Waals surface area (Å²) in [5, 5.41) is 0. The quantitative estimate of drug-likeness (QED) is 0.723. The number of carbonyl (C=O) groups excluding carboxylic acids is 2. The lowest BCUT2D eigenvalue weighted by Gasteiger charge is -2.35. The Morgan fingerprint density at radius 2 is 1.83 bits per heavy atom. The molecule has 5 nitrogen and oxygen atoms in total. The molecule has 1 aromatic heterocycles. The number of likely N-dealkylation sites (tertiary alicyclic amines) is 1. The molecule has 1 saturated heterocycles. The molecule has 160 valence electrons. The molecule has 0 N–H and O–H groups in total. The number of hydrogen-bond donors (Lipinski definition) is 0. The van der Waals surface area contributed by atoms with Crippen LogP contribution in [0.15, 0.2) is 47.3 Å². The minimum absolute atomic E-state index is 0.0258. The van der Waals surface area contributed by atoms with Crippen molar-refractivity contribution in [1.82, 2.24) is 9.80 Å². The SMILES string of the molecule is O=C(c1ccoc1)N1CCCC(C(=O)N(Cc2ccc(C(F)(F)F)cc2)C2CC2)C1. The van der Waals surface area contributed by atoms with Crippen molar-refractivity contribution in [2.24, 2.45) is 5.92 Å². The molecule has 2 aromatic rings. The van der Waals surface area contributed by atoms with Crippen LogP contribution in [0.4, 0.5) is 13.2 Å². The van der Waals surface area contributed by atoms with Crippen LogP contribution in [0.5, 0.6) is 0 Å². The number of carbonyl (C=O) groups is 2. The van der Waals surface area contributed by atoms with Crippen molar-refractivity contribution < 1.29 is 27.2 Å². The molecule has 1 atom stereocenters. The highest BCUT2D eigenvalue weighted by atomic mass is 19.4.